The Morgan fingerprint density at radius 3 is 2.66 bits per heavy atom. The summed E-state index contributed by atoms with van der Waals surface area (Å²) in [7, 11) is 1.77. The Morgan fingerprint density at radius 2 is 1.86 bits per heavy atom. The lowest BCUT2D eigenvalue weighted by Gasteiger charge is -2.21. The molecule has 1 aromatic carbocycles. The summed E-state index contributed by atoms with van der Waals surface area (Å²) in [5.74, 6) is 0.630. The molecule has 6 heteroatoms. The van der Waals surface area contributed by atoms with Crippen LogP contribution in [0.4, 0.5) is 5.95 Å². The molecule has 2 aromatic heterocycles. The van der Waals surface area contributed by atoms with Crippen LogP contribution in [0.15, 0.2) is 65.7 Å². The van der Waals surface area contributed by atoms with Gasteiger partial charge in [0.2, 0.25) is 5.95 Å². The molecule has 1 aliphatic rings. The Kier molecular flexibility index (Phi) is 6.00. The first-order valence-corrected chi connectivity index (χ1v) is 10.2. The average Bonchev–Trinajstić information content (AvgIpc) is 2.97. The lowest BCUT2D eigenvalue weighted by molar-refractivity contribution is 0.276. The van der Waals surface area contributed by atoms with Gasteiger partial charge in [0.25, 0.3) is 5.56 Å². The summed E-state index contributed by atoms with van der Waals surface area (Å²) in [6, 6.07) is 16.3. The van der Waals surface area contributed by atoms with Gasteiger partial charge in [0.1, 0.15) is 0 Å². The minimum Gasteiger partial charge on any atom is -0.353 e. The van der Waals surface area contributed by atoms with E-state index in [1.165, 1.54) is 5.56 Å². The van der Waals surface area contributed by atoms with E-state index in [2.05, 4.69) is 45.5 Å². The molecule has 0 saturated carbocycles. The minimum atomic E-state index is -0.0614. The average molecular weight is 390 g/mol. The number of likely N-dealkylation sites (tertiary alicyclic amines) is 1. The summed E-state index contributed by atoms with van der Waals surface area (Å²) in [5, 5.41) is 3.53. The summed E-state index contributed by atoms with van der Waals surface area (Å²) < 4.78 is 1.59. The van der Waals surface area contributed by atoms with Gasteiger partial charge in [-0.05, 0) is 43.5 Å². The summed E-state index contributed by atoms with van der Waals surface area (Å²) in [4.78, 5) is 23.7. The molecule has 1 N–H and O–H groups in total. The van der Waals surface area contributed by atoms with E-state index in [-0.39, 0.29) is 5.56 Å². The van der Waals surface area contributed by atoms with Gasteiger partial charge < -0.3 is 5.32 Å². The predicted molar refractivity (Wildman–Crippen MR) is 116 cm³/mol. The van der Waals surface area contributed by atoms with Crippen molar-refractivity contribution in [3.63, 3.8) is 0 Å². The molecule has 3 aromatic rings. The standard InChI is InChI=1S/C23H27N5O/c1-27-22(29)16-21(19-9-12-24-13-10-19)26-23(27)25-20-8-5-14-28(15-11-20)17-18-6-3-2-4-7-18/h2-4,6-7,9-10,12-13,16,20H,5,8,11,14-15,17H2,1H3,(H,25,26). The van der Waals surface area contributed by atoms with E-state index in [4.69, 9.17) is 4.98 Å². The van der Waals surface area contributed by atoms with Crippen LogP contribution in [0.3, 0.4) is 0 Å². The number of rotatable bonds is 5. The van der Waals surface area contributed by atoms with Gasteiger partial charge in [-0.1, -0.05) is 30.3 Å². The number of aromatic nitrogens is 3. The second kappa shape index (κ2) is 9.01. The molecule has 150 valence electrons. The van der Waals surface area contributed by atoms with Crippen LogP contribution in [0, 0.1) is 0 Å². The highest BCUT2D eigenvalue weighted by atomic mass is 16.1. The third-order valence-electron chi connectivity index (χ3n) is 5.51. The van der Waals surface area contributed by atoms with E-state index in [0.717, 1.165) is 44.5 Å². The topological polar surface area (TPSA) is 63.1 Å². The molecule has 29 heavy (non-hydrogen) atoms. The van der Waals surface area contributed by atoms with Crippen LogP contribution in [-0.4, -0.2) is 38.6 Å². The first-order chi connectivity index (χ1) is 14.2. The van der Waals surface area contributed by atoms with Crippen LogP contribution < -0.4 is 10.9 Å². The van der Waals surface area contributed by atoms with Gasteiger partial charge in [0.05, 0.1) is 5.69 Å². The Labute approximate surface area is 171 Å². The van der Waals surface area contributed by atoms with Gasteiger partial charge >= 0.3 is 0 Å². The maximum Gasteiger partial charge on any atom is 0.255 e. The Balaban J connectivity index is 1.45. The quantitative estimate of drug-likeness (QED) is 0.725. The van der Waals surface area contributed by atoms with Gasteiger partial charge in [-0.2, -0.15) is 0 Å². The van der Waals surface area contributed by atoms with Crippen molar-refractivity contribution in [3.8, 4) is 11.3 Å². The van der Waals surface area contributed by atoms with Crippen LogP contribution in [0.5, 0.6) is 0 Å². The fourth-order valence-corrected chi connectivity index (χ4v) is 3.82. The fraction of sp³-hybridized carbons (Fsp3) is 0.348. The maximum absolute atomic E-state index is 12.5. The number of nitrogens with one attached hydrogen (secondary N) is 1. The molecule has 1 saturated heterocycles. The monoisotopic (exact) mass is 389 g/mol. The molecule has 4 rings (SSSR count). The summed E-state index contributed by atoms with van der Waals surface area (Å²) in [6.45, 7) is 3.11. The van der Waals surface area contributed by atoms with Crippen molar-refractivity contribution in [2.75, 3.05) is 18.4 Å². The van der Waals surface area contributed by atoms with E-state index in [0.29, 0.717) is 17.7 Å². The largest absolute Gasteiger partial charge is 0.353 e. The van der Waals surface area contributed by atoms with Crippen molar-refractivity contribution in [3.05, 3.63) is 76.8 Å². The molecule has 1 aliphatic heterocycles. The van der Waals surface area contributed by atoms with Crippen molar-refractivity contribution in [2.24, 2.45) is 7.05 Å². The Hall–Kier alpha value is -2.99. The summed E-state index contributed by atoms with van der Waals surface area (Å²) in [5.41, 5.74) is 2.87. The van der Waals surface area contributed by atoms with Crippen LogP contribution >= 0.6 is 0 Å². The number of pyridine rings is 1. The highest BCUT2D eigenvalue weighted by Crippen LogP contribution is 2.19. The van der Waals surface area contributed by atoms with E-state index < -0.39 is 0 Å². The van der Waals surface area contributed by atoms with Crippen LogP contribution in [-0.2, 0) is 13.6 Å². The lowest BCUT2D eigenvalue weighted by Crippen LogP contribution is -2.29. The molecule has 0 amide bonds. The fourth-order valence-electron chi connectivity index (χ4n) is 3.82. The van der Waals surface area contributed by atoms with Gasteiger partial charge in [-0.25, -0.2) is 4.98 Å². The van der Waals surface area contributed by atoms with Crippen molar-refractivity contribution < 1.29 is 0 Å². The van der Waals surface area contributed by atoms with Gasteiger partial charge in [-0.3, -0.25) is 19.2 Å². The van der Waals surface area contributed by atoms with E-state index in [1.54, 1.807) is 30.1 Å². The van der Waals surface area contributed by atoms with Gasteiger partial charge in [0, 0.05) is 50.2 Å². The van der Waals surface area contributed by atoms with Crippen LogP contribution in [0.1, 0.15) is 24.8 Å². The summed E-state index contributed by atoms with van der Waals surface area (Å²) >= 11 is 0. The molecular formula is C23H27N5O. The first-order valence-electron chi connectivity index (χ1n) is 10.2. The molecule has 1 unspecified atom stereocenters. The molecule has 1 atom stereocenters. The van der Waals surface area contributed by atoms with Crippen LogP contribution in [0.2, 0.25) is 0 Å². The second-order valence-electron chi connectivity index (χ2n) is 7.63. The molecule has 1 fully saturated rings. The molecule has 3 heterocycles. The number of hydrogen-bond donors (Lipinski definition) is 1. The summed E-state index contributed by atoms with van der Waals surface area (Å²) in [6.07, 6.45) is 6.66. The molecule has 0 spiro atoms. The first kappa shape index (κ1) is 19.3. The Morgan fingerprint density at radius 1 is 1.07 bits per heavy atom. The lowest BCUT2D eigenvalue weighted by atomic mass is 10.1. The number of benzene rings is 1. The number of hydrogen-bond acceptors (Lipinski definition) is 5. The van der Waals surface area contributed by atoms with E-state index in [1.807, 2.05) is 12.1 Å². The highest BCUT2D eigenvalue weighted by Gasteiger charge is 2.19. The van der Waals surface area contributed by atoms with Gasteiger partial charge in [-0.15, -0.1) is 0 Å². The van der Waals surface area contributed by atoms with E-state index in [9.17, 15) is 4.79 Å². The highest BCUT2D eigenvalue weighted by molar-refractivity contribution is 5.59. The molecule has 0 radical (unpaired) electrons. The SMILES string of the molecule is Cn1c(NC2CCCN(Cc3ccccc3)CC2)nc(-c2ccncc2)cc1=O. The maximum atomic E-state index is 12.5. The predicted octanol–water partition coefficient (Wildman–Crippen LogP) is 3.31. The van der Waals surface area contributed by atoms with E-state index >= 15 is 0 Å². The van der Waals surface area contributed by atoms with Gasteiger partial charge in [0.15, 0.2) is 0 Å². The molecule has 0 bridgehead atoms. The van der Waals surface area contributed by atoms with Crippen molar-refractivity contribution in [1.29, 1.82) is 0 Å². The number of nitrogens with zero attached hydrogens (tertiary/aromatic N) is 4. The third kappa shape index (κ3) is 4.90. The zero-order chi connectivity index (χ0) is 20.1. The van der Waals surface area contributed by atoms with Crippen LogP contribution in [0.25, 0.3) is 11.3 Å². The van der Waals surface area contributed by atoms with Crippen molar-refractivity contribution in [2.45, 2.75) is 31.8 Å². The third-order valence-corrected chi connectivity index (χ3v) is 5.51. The smallest absolute Gasteiger partial charge is 0.255 e. The number of anilines is 1. The zero-order valence-corrected chi connectivity index (χ0v) is 16.8. The molecule has 6 nitrogen and oxygen atoms in total. The van der Waals surface area contributed by atoms with Crippen molar-refractivity contribution in [1.82, 2.24) is 19.4 Å². The minimum absolute atomic E-state index is 0.0614. The second-order valence-corrected chi connectivity index (χ2v) is 7.63. The Bertz CT molecular complexity index is 987. The molecular weight excluding hydrogens is 362 g/mol. The normalized spacial score (nSPS) is 17.6. The molecule has 0 aliphatic carbocycles. The zero-order valence-electron chi connectivity index (χ0n) is 16.8. The van der Waals surface area contributed by atoms with Crippen molar-refractivity contribution >= 4 is 5.95 Å².